The molecule has 18 heavy (non-hydrogen) atoms. The van der Waals surface area contributed by atoms with Crippen LogP contribution < -0.4 is 21.4 Å². The van der Waals surface area contributed by atoms with Crippen molar-refractivity contribution in [2.45, 2.75) is 6.92 Å². The average Bonchev–Trinajstić information content (AvgIpc) is 2.30. The zero-order valence-corrected chi connectivity index (χ0v) is 10.6. The van der Waals surface area contributed by atoms with Gasteiger partial charge in [0.1, 0.15) is 5.75 Å². The third-order valence-corrected chi connectivity index (χ3v) is 2.09. The van der Waals surface area contributed by atoms with E-state index in [4.69, 9.17) is 10.5 Å². The van der Waals surface area contributed by atoms with Crippen LogP contribution in [0.2, 0.25) is 0 Å². The van der Waals surface area contributed by atoms with Crippen molar-refractivity contribution in [3.8, 4) is 5.75 Å². The van der Waals surface area contributed by atoms with Gasteiger partial charge < -0.3 is 20.5 Å². The summed E-state index contributed by atoms with van der Waals surface area (Å²) in [4.78, 5) is 0. The molecule has 8 heteroatoms. The molecule has 5 N–H and O–H groups in total. The Morgan fingerprint density at radius 1 is 1.61 bits per heavy atom. The van der Waals surface area contributed by atoms with Gasteiger partial charge >= 0.3 is 7.12 Å². The zero-order valence-electron chi connectivity index (χ0n) is 9.83. The van der Waals surface area contributed by atoms with Gasteiger partial charge in [0.25, 0.3) is 0 Å². The van der Waals surface area contributed by atoms with E-state index in [1.807, 2.05) is 6.92 Å². The van der Waals surface area contributed by atoms with E-state index in [0.717, 1.165) is 0 Å². The van der Waals surface area contributed by atoms with E-state index in [9.17, 15) is 10.0 Å². The minimum Gasteiger partial charge on any atom is -0.494 e. The molecule has 96 valence electrons. The number of ether oxygens (including phenoxy) is 1. The van der Waals surface area contributed by atoms with Crippen LogP contribution in [0.4, 0.5) is 0 Å². The van der Waals surface area contributed by atoms with Gasteiger partial charge in [0, 0.05) is 5.46 Å². The van der Waals surface area contributed by atoms with Crippen molar-refractivity contribution in [3.05, 3.63) is 23.8 Å². The number of nitrogens with two attached hydrogens (primary N) is 1. The minimum atomic E-state index is -1.61. The topological polar surface area (TPSA) is 100 Å². The molecular weight excluding hydrogens is 253 g/mol. The number of hydrogen-bond donors (Lipinski definition) is 4. The van der Waals surface area contributed by atoms with Crippen molar-refractivity contribution >= 4 is 36.1 Å². The van der Waals surface area contributed by atoms with Gasteiger partial charge in [-0.2, -0.15) is 5.10 Å². The lowest BCUT2D eigenvalue weighted by molar-refractivity contribution is 0.340. The van der Waals surface area contributed by atoms with E-state index >= 15 is 0 Å². The predicted molar refractivity (Wildman–Crippen MR) is 75.0 cm³/mol. The van der Waals surface area contributed by atoms with Crippen molar-refractivity contribution in [3.63, 3.8) is 0 Å². The molecule has 0 aliphatic carbocycles. The first-order valence-electron chi connectivity index (χ1n) is 5.26. The Morgan fingerprint density at radius 2 is 2.33 bits per heavy atom. The fourth-order valence-electron chi connectivity index (χ4n) is 1.31. The molecule has 1 rings (SSSR count). The maximum Gasteiger partial charge on any atom is 0.492 e. The van der Waals surface area contributed by atoms with E-state index < -0.39 is 7.12 Å². The summed E-state index contributed by atoms with van der Waals surface area (Å²) >= 11 is 4.59. The molecule has 6 nitrogen and oxygen atoms in total. The first kappa shape index (κ1) is 14.4. The normalized spacial score (nSPS) is 10.4. The summed E-state index contributed by atoms with van der Waals surface area (Å²) in [5.74, 6) is 0.423. The van der Waals surface area contributed by atoms with Crippen LogP contribution in [-0.2, 0) is 0 Å². The van der Waals surface area contributed by atoms with E-state index in [2.05, 4.69) is 22.7 Å². The first-order chi connectivity index (χ1) is 8.54. The molecule has 0 radical (unpaired) electrons. The molecule has 0 spiro atoms. The number of nitrogens with zero attached hydrogens (tertiary/aromatic N) is 1. The highest BCUT2D eigenvalue weighted by Gasteiger charge is 2.17. The molecule has 0 aromatic heterocycles. The number of rotatable bonds is 5. The maximum absolute atomic E-state index is 9.24. The van der Waals surface area contributed by atoms with Crippen LogP contribution in [0.25, 0.3) is 0 Å². The van der Waals surface area contributed by atoms with E-state index in [-0.39, 0.29) is 10.6 Å². The van der Waals surface area contributed by atoms with Crippen LogP contribution in [0.1, 0.15) is 12.5 Å². The van der Waals surface area contributed by atoms with Gasteiger partial charge in [0.05, 0.1) is 12.8 Å². The lowest BCUT2D eigenvalue weighted by atomic mass is 9.79. The summed E-state index contributed by atoms with van der Waals surface area (Å²) in [7, 11) is -1.61. The lowest BCUT2D eigenvalue weighted by Gasteiger charge is -2.10. The highest BCUT2D eigenvalue weighted by molar-refractivity contribution is 7.80. The van der Waals surface area contributed by atoms with Crippen LogP contribution in [0, 0.1) is 0 Å². The van der Waals surface area contributed by atoms with Gasteiger partial charge in [0.15, 0.2) is 5.11 Å². The van der Waals surface area contributed by atoms with Gasteiger partial charge in [-0.3, -0.25) is 5.43 Å². The second-order valence-electron chi connectivity index (χ2n) is 3.34. The number of nitrogens with one attached hydrogen (secondary N) is 1. The molecule has 0 saturated heterocycles. The number of benzene rings is 1. The summed E-state index contributed by atoms with van der Waals surface area (Å²) in [5, 5.41) is 22.3. The summed E-state index contributed by atoms with van der Waals surface area (Å²) in [5.41, 5.74) is 8.54. The van der Waals surface area contributed by atoms with Crippen molar-refractivity contribution in [2.24, 2.45) is 10.8 Å². The van der Waals surface area contributed by atoms with Crippen molar-refractivity contribution in [1.29, 1.82) is 0 Å². The third kappa shape index (κ3) is 4.32. The van der Waals surface area contributed by atoms with E-state index in [1.165, 1.54) is 6.21 Å². The van der Waals surface area contributed by atoms with Gasteiger partial charge in [-0.1, -0.05) is 0 Å². The molecule has 0 unspecified atom stereocenters. The fourth-order valence-corrected chi connectivity index (χ4v) is 1.36. The Hall–Kier alpha value is -1.64. The average molecular weight is 267 g/mol. The van der Waals surface area contributed by atoms with Crippen molar-refractivity contribution in [1.82, 2.24) is 5.43 Å². The molecule has 0 atom stereocenters. The molecule has 0 bridgehead atoms. The second kappa shape index (κ2) is 6.95. The Bertz CT molecular complexity index is 454. The van der Waals surface area contributed by atoms with Crippen LogP contribution in [0.3, 0.4) is 0 Å². The molecule has 0 fully saturated rings. The minimum absolute atomic E-state index is 0.0552. The molecule has 0 aliphatic heterocycles. The molecule has 0 heterocycles. The smallest absolute Gasteiger partial charge is 0.492 e. The van der Waals surface area contributed by atoms with Crippen molar-refractivity contribution < 1.29 is 14.8 Å². The van der Waals surface area contributed by atoms with Crippen LogP contribution in [-0.4, -0.2) is 35.1 Å². The van der Waals surface area contributed by atoms with E-state index in [1.54, 1.807) is 18.2 Å². The molecule has 0 saturated carbocycles. The highest BCUT2D eigenvalue weighted by atomic mass is 32.1. The van der Waals surface area contributed by atoms with Gasteiger partial charge in [-0.05, 0) is 42.9 Å². The molecule has 1 aromatic rings. The SMILES string of the molecule is CCOc1ccc(C=NNC(N)=S)cc1B(O)O. The number of hydrazone groups is 1. The van der Waals surface area contributed by atoms with Crippen LogP contribution >= 0.6 is 12.2 Å². The molecule has 0 amide bonds. The second-order valence-corrected chi connectivity index (χ2v) is 3.78. The van der Waals surface area contributed by atoms with Crippen molar-refractivity contribution in [2.75, 3.05) is 6.61 Å². The van der Waals surface area contributed by atoms with Crippen LogP contribution in [0.15, 0.2) is 23.3 Å². The van der Waals surface area contributed by atoms with Gasteiger partial charge in [-0.25, -0.2) is 0 Å². The lowest BCUT2D eigenvalue weighted by Crippen LogP contribution is -2.32. The van der Waals surface area contributed by atoms with Gasteiger partial charge in [-0.15, -0.1) is 0 Å². The van der Waals surface area contributed by atoms with Crippen LogP contribution in [0.5, 0.6) is 5.75 Å². The first-order valence-corrected chi connectivity index (χ1v) is 5.66. The predicted octanol–water partition coefficient (Wildman–Crippen LogP) is -1.07. The zero-order chi connectivity index (χ0) is 13.5. The Kier molecular flexibility index (Phi) is 5.57. The quantitative estimate of drug-likeness (QED) is 0.235. The monoisotopic (exact) mass is 267 g/mol. The highest BCUT2D eigenvalue weighted by Crippen LogP contribution is 2.09. The standard InChI is InChI=1S/C10H14BN3O3S/c1-2-17-9-4-3-7(5-8(9)11(15)16)6-13-14-10(12)18/h3-6,15-16H,2H2,1H3,(H3,12,14,18). The summed E-state index contributed by atoms with van der Waals surface area (Å²) in [6.45, 7) is 2.26. The summed E-state index contributed by atoms with van der Waals surface area (Å²) < 4.78 is 5.28. The van der Waals surface area contributed by atoms with Gasteiger partial charge in [0.2, 0.25) is 0 Å². The molecule has 0 aliphatic rings. The molecule has 1 aromatic carbocycles. The molecular formula is C10H14BN3O3S. The summed E-state index contributed by atoms with van der Waals surface area (Å²) in [6.07, 6.45) is 1.46. The fraction of sp³-hybridized carbons (Fsp3) is 0.200. The van der Waals surface area contributed by atoms with E-state index in [0.29, 0.717) is 17.9 Å². The Balaban J connectivity index is 2.92. The number of thiocarbonyl (C=S) groups is 1. The Morgan fingerprint density at radius 3 is 2.89 bits per heavy atom. The number of hydrogen-bond acceptors (Lipinski definition) is 5. The maximum atomic E-state index is 9.24. The summed E-state index contributed by atoms with van der Waals surface area (Å²) in [6, 6.07) is 4.92. The largest absolute Gasteiger partial charge is 0.494 e. The third-order valence-electron chi connectivity index (χ3n) is 2.00. The Labute approximate surface area is 111 Å².